The van der Waals surface area contributed by atoms with Gasteiger partial charge in [-0.1, -0.05) is 12.1 Å². The minimum Gasteiger partial charge on any atom is -0.501 e. The zero-order valence-corrected chi connectivity index (χ0v) is 19.8. The first kappa shape index (κ1) is 23.7. The van der Waals surface area contributed by atoms with Gasteiger partial charge in [0, 0.05) is 31.0 Å². The molecule has 0 unspecified atom stereocenters. The third-order valence-electron chi connectivity index (χ3n) is 7.16. The van der Waals surface area contributed by atoms with Gasteiger partial charge in [0.15, 0.2) is 5.69 Å². The third kappa shape index (κ3) is 4.23. The first-order valence-corrected chi connectivity index (χ1v) is 11.9. The number of carbonyl (C=O) groups is 2. The van der Waals surface area contributed by atoms with Crippen molar-refractivity contribution < 1.29 is 19.1 Å². The van der Waals surface area contributed by atoms with E-state index in [1.807, 2.05) is 0 Å². The number of nitrogens with zero attached hydrogens (tertiary/aromatic N) is 3. The summed E-state index contributed by atoms with van der Waals surface area (Å²) in [6, 6.07) is 7.66. The van der Waals surface area contributed by atoms with Crippen molar-refractivity contribution in [3.8, 4) is 5.75 Å². The minimum absolute atomic E-state index is 0.0610. The van der Waals surface area contributed by atoms with E-state index in [2.05, 4.69) is 20.6 Å². The summed E-state index contributed by atoms with van der Waals surface area (Å²) in [6.45, 7) is 2.04. The second kappa shape index (κ2) is 9.18. The number of aryl methyl sites for hydroxylation is 1. The Morgan fingerprint density at radius 2 is 1.89 bits per heavy atom. The van der Waals surface area contributed by atoms with Crippen molar-refractivity contribution >= 4 is 11.8 Å². The molecule has 9 nitrogen and oxygen atoms in total. The SMILES string of the molecule is Cc1cc(CNC(=O)c2nc3n(c(=O)c2O)CC2CCC3(NC(=O)c3ccncc3)CC2)ccc1F. The van der Waals surface area contributed by atoms with Crippen LogP contribution >= 0.6 is 0 Å². The van der Waals surface area contributed by atoms with E-state index in [1.54, 1.807) is 31.2 Å². The predicted molar refractivity (Wildman–Crippen MR) is 128 cm³/mol. The van der Waals surface area contributed by atoms with Crippen LogP contribution in [0.15, 0.2) is 47.5 Å². The Kier molecular flexibility index (Phi) is 6.03. The number of hydrogen-bond donors (Lipinski definition) is 3. The van der Waals surface area contributed by atoms with Crippen LogP contribution in [0.4, 0.5) is 4.39 Å². The van der Waals surface area contributed by atoms with Crippen molar-refractivity contribution in [1.82, 2.24) is 25.2 Å². The molecule has 36 heavy (non-hydrogen) atoms. The number of aromatic nitrogens is 3. The van der Waals surface area contributed by atoms with Gasteiger partial charge in [0.2, 0.25) is 5.75 Å². The van der Waals surface area contributed by atoms with E-state index in [1.165, 1.54) is 23.0 Å². The van der Waals surface area contributed by atoms with Gasteiger partial charge in [0.25, 0.3) is 17.4 Å². The number of rotatable bonds is 5. The van der Waals surface area contributed by atoms with Crippen LogP contribution in [0.3, 0.4) is 0 Å². The van der Waals surface area contributed by atoms with Crippen LogP contribution in [-0.4, -0.2) is 31.5 Å². The average Bonchev–Trinajstić information content (AvgIpc) is 3.13. The number of benzene rings is 1. The Hall–Kier alpha value is -4.08. The van der Waals surface area contributed by atoms with E-state index in [9.17, 15) is 23.9 Å². The summed E-state index contributed by atoms with van der Waals surface area (Å²) < 4.78 is 15.0. The van der Waals surface area contributed by atoms with Crippen molar-refractivity contribution in [2.75, 3.05) is 0 Å². The molecule has 2 bridgehead atoms. The number of fused-ring (bicyclic) bond motifs is 2. The fourth-order valence-corrected chi connectivity index (χ4v) is 5.13. The first-order valence-electron chi connectivity index (χ1n) is 11.9. The van der Waals surface area contributed by atoms with Gasteiger partial charge in [-0.3, -0.25) is 23.9 Å². The Morgan fingerprint density at radius 3 is 2.58 bits per heavy atom. The largest absolute Gasteiger partial charge is 0.501 e. The van der Waals surface area contributed by atoms with Crippen LogP contribution in [0.1, 0.15) is 63.5 Å². The average molecular weight is 492 g/mol. The smallest absolute Gasteiger partial charge is 0.296 e. The van der Waals surface area contributed by atoms with Crippen LogP contribution in [0.25, 0.3) is 0 Å². The number of hydrogen-bond acceptors (Lipinski definition) is 6. The molecule has 6 rings (SSSR count). The maximum atomic E-state index is 13.6. The highest BCUT2D eigenvalue weighted by molar-refractivity contribution is 5.95. The van der Waals surface area contributed by atoms with Crippen molar-refractivity contribution in [3.05, 3.63) is 87.1 Å². The summed E-state index contributed by atoms with van der Waals surface area (Å²) in [6.07, 6.45) is 5.70. The molecule has 2 aromatic heterocycles. The van der Waals surface area contributed by atoms with Gasteiger partial charge in [0.1, 0.15) is 11.6 Å². The lowest BCUT2D eigenvalue weighted by Gasteiger charge is -2.37. The lowest BCUT2D eigenvalue weighted by atomic mass is 9.77. The van der Waals surface area contributed by atoms with E-state index in [4.69, 9.17) is 0 Å². The molecule has 1 aliphatic carbocycles. The number of carbonyl (C=O) groups excluding carboxylic acids is 2. The lowest BCUT2D eigenvalue weighted by molar-refractivity contribution is 0.0850. The Morgan fingerprint density at radius 1 is 1.17 bits per heavy atom. The molecule has 0 saturated heterocycles. The van der Waals surface area contributed by atoms with E-state index < -0.39 is 28.4 Å². The Labute approximate surface area is 206 Å². The number of aromatic hydroxyl groups is 1. The number of amides is 2. The van der Waals surface area contributed by atoms with Gasteiger partial charge >= 0.3 is 0 Å². The second-order valence-corrected chi connectivity index (χ2v) is 9.53. The number of pyridine rings is 1. The first-order chi connectivity index (χ1) is 17.3. The molecular formula is C26H26FN5O4. The fourth-order valence-electron chi connectivity index (χ4n) is 5.13. The molecule has 10 heteroatoms. The van der Waals surface area contributed by atoms with Gasteiger partial charge < -0.3 is 15.7 Å². The van der Waals surface area contributed by atoms with Gasteiger partial charge in [-0.25, -0.2) is 9.37 Å². The third-order valence-corrected chi connectivity index (χ3v) is 7.16. The molecule has 1 fully saturated rings. The summed E-state index contributed by atoms with van der Waals surface area (Å²) in [7, 11) is 0. The van der Waals surface area contributed by atoms with Crippen LogP contribution in [0.5, 0.6) is 5.75 Å². The maximum absolute atomic E-state index is 13.6. The van der Waals surface area contributed by atoms with Crippen molar-refractivity contribution in [2.24, 2.45) is 5.92 Å². The van der Waals surface area contributed by atoms with Crippen molar-refractivity contribution in [3.63, 3.8) is 0 Å². The topological polar surface area (TPSA) is 126 Å². The van der Waals surface area contributed by atoms with Gasteiger partial charge in [-0.15, -0.1) is 0 Å². The highest BCUT2D eigenvalue weighted by Crippen LogP contribution is 2.43. The molecule has 1 aromatic carbocycles. The Bertz CT molecular complexity index is 1400. The van der Waals surface area contributed by atoms with Crippen LogP contribution in [0, 0.1) is 18.7 Å². The second-order valence-electron chi connectivity index (χ2n) is 9.53. The van der Waals surface area contributed by atoms with Gasteiger partial charge in [-0.05, 0) is 67.9 Å². The summed E-state index contributed by atoms with van der Waals surface area (Å²) in [5, 5.41) is 16.4. The van der Waals surface area contributed by atoms with Crippen LogP contribution < -0.4 is 16.2 Å². The molecule has 0 radical (unpaired) electrons. The van der Waals surface area contributed by atoms with Crippen molar-refractivity contribution in [2.45, 2.75) is 51.2 Å². The molecule has 0 spiro atoms. The van der Waals surface area contributed by atoms with Crippen molar-refractivity contribution in [1.29, 1.82) is 0 Å². The molecule has 2 aliphatic heterocycles. The molecule has 186 valence electrons. The molecule has 2 amide bonds. The molecule has 3 aliphatic rings. The zero-order chi connectivity index (χ0) is 25.4. The quantitative estimate of drug-likeness (QED) is 0.504. The molecular weight excluding hydrogens is 465 g/mol. The monoisotopic (exact) mass is 491 g/mol. The summed E-state index contributed by atoms with van der Waals surface area (Å²) >= 11 is 0. The number of halogens is 1. The van der Waals surface area contributed by atoms with Crippen LogP contribution in [-0.2, 0) is 18.6 Å². The standard InChI is InChI=1S/C26H26FN5O4/c1-15-12-17(2-3-19(15)27)13-29-23(35)20-21(33)24(36)32-14-16-4-8-26(9-5-16,25(32)30-20)31-22(34)18-6-10-28-11-7-18/h2-3,6-7,10-12,16,33H,4-5,8-9,13-14H2,1H3,(H,29,35)(H,31,34). The van der Waals surface area contributed by atoms with Gasteiger partial charge in [-0.2, -0.15) is 0 Å². The zero-order valence-electron chi connectivity index (χ0n) is 19.8. The summed E-state index contributed by atoms with van der Waals surface area (Å²) in [4.78, 5) is 47.7. The molecule has 3 N–H and O–H groups in total. The van der Waals surface area contributed by atoms with E-state index >= 15 is 0 Å². The molecule has 0 atom stereocenters. The van der Waals surface area contributed by atoms with Crippen LogP contribution in [0.2, 0.25) is 0 Å². The summed E-state index contributed by atoms with van der Waals surface area (Å²) in [5.74, 6) is -1.66. The highest BCUT2D eigenvalue weighted by Gasteiger charge is 2.46. The molecule has 1 saturated carbocycles. The summed E-state index contributed by atoms with van der Waals surface area (Å²) in [5.41, 5.74) is -0.539. The molecule has 3 aromatic rings. The van der Waals surface area contributed by atoms with Gasteiger partial charge in [0.05, 0.1) is 5.54 Å². The number of nitrogens with one attached hydrogen (secondary N) is 2. The predicted octanol–water partition coefficient (Wildman–Crippen LogP) is 2.55. The van der Waals surface area contributed by atoms with E-state index in [-0.39, 0.29) is 30.0 Å². The Balaban J connectivity index is 1.49. The maximum Gasteiger partial charge on any atom is 0.296 e. The van der Waals surface area contributed by atoms with E-state index in [0.29, 0.717) is 36.1 Å². The normalized spacial score (nSPS) is 20.3. The minimum atomic E-state index is -0.955. The molecule has 4 heterocycles. The highest BCUT2D eigenvalue weighted by atomic mass is 19.1. The van der Waals surface area contributed by atoms with E-state index in [0.717, 1.165) is 12.8 Å². The fraction of sp³-hybridized carbons (Fsp3) is 0.346. The lowest BCUT2D eigenvalue weighted by Crippen LogP contribution is -2.50.